The van der Waals surface area contributed by atoms with Crippen molar-refractivity contribution in [3.8, 4) is 0 Å². The Balaban J connectivity index is 3.10. The van der Waals surface area contributed by atoms with E-state index in [1.54, 1.807) is 6.92 Å². The molecule has 0 aromatic rings. The minimum absolute atomic E-state index is 0.191. The number of rotatable bonds is 3. The second-order valence-electron chi connectivity index (χ2n) is 1.80. The third-order valence-electron chi connectivity index (χ3n) is 0.755. The van der Waals surface area contributed by atoms with Gasteiger partial charge < -0.3 is 15.3 Å². The van der Waals surface area contributed by atoms with Crippen molar-refractivity contribution in [2.24, 2.45) is 0 Å². The molecule has 3 N–H and O–H groups in total. The predicted octanol–water partition coefficient (Wildman–Crippen LogP) is -0.348. The molecule has 0 aromatic carbocycles. The minimum atomic E-state index is -0.894. The molecule has 0 saturated heterocycles. The standard InChI is InChI=1S/C5H11O3/c1-4(7)2-5(8)3-6/h3-8H,2H2,1H3. The zero-order valence-corrected chi connectivity index (χ0v) is 4.78. The highest BCUT2D eigenvalue weighted by atomic mass is 16.3. The van der Waals surface area contributed by atoms with Crippen LogP contribution in [-0.2, 0) is 0 Å². The molecule has 0 aliphatic rings. The fourth-order valence-corrected chi connectivity index (χ4v) is 0.410. The summed E-state index contributed by atoms with van der Waals surface area (Å²) in [6, 6.07) is 0. The van der Waals surface area contributed by atoms with Crippen LogP contribution in [-0.4, -0.2) is 27.5 Å². The van der Waals surface area contributed by atoms with E-state index in [4.69, 9.17) is 15.3 Å². The molecule has 3 nitrogen and oxygen atoms in total. The maximum atomic E-state index is 8.56. The average Bonchev–Trinajstić information content (AvgIpc) is 1.65. The monoisotopic (exact) mass is 119 g/mol. The van der Waals surface area contributed by atoms with E-state index >= 15 is 0 Å². The Morgan fingerprint density at radius 3 is 2.12 bits per heavy atom. The van der Waals surface area contributed by atoms with Crippen LogP contribution < -0.4 is 0 Å². The molecule has 0 amide bonds. The summed E-state index contributed by atoms with van der Waals surface area (Å²) < 4.78 is 0. The lowest BCUT2D eigenvalue weighted by molar-refractivity contribution is 0.0794. The number of hydrogen-bond acceptors (Lipinski definition) is 3. The van der Waals surface area contributed by atoms with Crippen LogP contribution >= 0.6 is 0 Å². The maximum Gasteiger partial charge on any atom is 0.108 e. The van der Waals surface area contributed by atoms with E-state index in [-0.39, 0.29) is 6.42 Å². The first-order valence-corrected chi connectivity index (χ1v) is 2.50. The Labute approximate surface area is 48.6 Å². The first-order chi connectivity index (χ1) is 3.66. The lowest BCUT2D eigenvalue weighted by Gasteiger charge is -2.06. The molecule has 0 heterocycles. The largest absolute Gasteiger partial charge is 0.393 e. The zero-order valence-electron chi connectivity index (χ0n) is 4.78. The highest BCUT2D eigenvalue weighted by Crippen LogP contribution is 1.97. The second kappa shape index (κ2) is 3.83. The summed E-state index contributed by atoms with van der Waals surface area (Å²) in [7, 11) is 0. The van der Waals surface area contributed by atoms with Crippen molar-refractivity contribution in [2.45, 2.75) is 25.6 Å². The summed E-state index contributed by atoms with van der Waals surface area (Å²) in [4.78, 5) is 0. The van der Waals surface area contributed by atoms with Crippen LogP contribution in [0.1, 0.15) is 13.3 Å². The molecule has 49 valence electrons. The highest BCUT2D eigenvalue weighted by Gasteiger charge is 2.04. The molecule has 2 unspecified atom stereocenters. The zero-order chi connectivity index (χ0) is 6.57. The first kappa shape index (κ1) is 7.88. The quantitative estimate of drug-likeness (QED) is 0.476. The number of aliphatic hydroxyl groups is 3. The van der Waals surface area contributed by atoms with Crippen LogP contribution in [0.3, 0.4) is 0 Å². The van der Waals surface area contributed by atoms with Gasteiger partial charge in [-0.3, -0.25) is 0 Å². The molecule has 8 heavy (non-hydrogen) atoms. The molecule has 0 saturated carbocycles. The van der Waals surface area contributed by atoms with Crippen LogP contribution in [0.5, 0.6) is 0 Å². The fourth-order valence-electron chi connectivity index (χ4n) is 0.410. The van der Waals surface area contributed by atoms with Crippen molar-refractivity contribution < 1.29 is 15.3 Å². The van der Waals surface area contributed by atoms with Gasteiger partial charge in [0.2, 0.25) is 0 Å². The summed E-state index contributed by atoms with van der Waals surface area (Å²) in [6.07, 6.45) is -1.26. The minimum Gasteiger partial charge on any atom is -0.393 e. The Hall–Kier alpha value is -0.120. The Bertz CT molecular complexity index is 53.6. The lowest BCUT2D eigenvalue weighted by Crippen LogP contribution is -2.14. The van der Waals surface area contributed by atoms with E-state index in [0.29, 0.717) is 6.61 Å². The molecule has 0 fully saturated rings. The van der Waals surface area contributed by atoms with Gasteiger partial charge in [-0.1, -0.05) is 0 Å². The van der Waals surface area contributed by atoms with Crippen LogP contribution in [0.2, 0.25) is 0 Å². The first-order valence-electron chi connectivity index (χ1n) is 2.50. The third kappa shape index (κ3) is 4.05. The predicted molar refractivity (Wildman–Crippen MR) is 28.5 cm³/mol. The van der Waals surface area contributed by atoms with Gasteiger partial charge in [-0.2, -0.15) is 0 Å². The summed E-state index contributed by atoms with van der Waals surface area (Å²) in [6.45, 7) is 2.21. The molecule has 0 bridgehead atoms. The average molecular weight is 119 g/mol. The molecule has 1 radical (unpaired) electrons. The van der Waals surface area contributed by atoms with E-state index in [2.05, 4.69) is 0 Å². The molecule has 0 aromatic heterocycles. The van der Waals surface area contributed by atoms with Crippen molar-refractivity contribution in [2.75, 3.05) is 0 Å². The van der Waals surface area contributed by atoms with E-state index in [1.807, 2.05) is 0 Å². The van der Waals surface area contributed by atoms with Gasteiger partial charge in [0, 0.05) is 6.42 Å². The molecule has 3 heteroatoms. The van der Waals surface area contributed by atoms with Crippen LogP contribution in [0, 0.1) is 6.61 Å². The van der Waals surface area contributed by atoms with E-state index in [9.17, 15) is 0 Å². The smallest absolute Gasteiger partial charge is 0.108 e. The lowest BCUT2D eigenvalue weighted by atomic mass is 10.2. The molecule has 0 rings (SSSR count). The summed E-state index contributed by atoms with van der Waals surface area (Å²) in [5.41, 5.74) is 0. The van der Waals surface area contributed by atoms with E-state index in [0.717, 1.165) is 0 Å². The van der Waals surface area contributed by atoms with Crippen molar-refractivity contribution in [1.29, 1.82) is 0 Å². The van der Waals surface area contributed by atoms with Gasteiger partial charge in [0.05, 0.1) is 12.2 Å². The Kier molecular flexibility index (Phi) is 3.77. The maximum absolute atomic E-state index is 8.56. The summed E-state index contributed by atoms with van der Waals surface area (Å²) in [5, 5.41) is 25.2. The normalized spacial score (nSPS) is 18.0. The van der Waals surface area contributed by atoms with Crippen LogP contribution in [0.25, 0.3) is 0 Å². The summed E-state index contributed by atoms with van der Waals surface area (Å²) >= 11 is 0. The SMILES string of the molecule is CC(O)CC(O)[CH]O. The molecular weight excluding hydrogens is 108 g/mol. The second-order valence-corrected chi connectivity index (χ2v) is 1.80. The molecule has 0 aliphatic carbocycles. The molecule has 2 atom stereocenters. The number of aliphatic hydroxyl groups excluding tert-OH is 3. The van der Waals surface area contributed by atoms with Gasteiger partial charge in [-0.15, -0.1) is 0 Å². The topological polar surface area (TPSA) is 60.7 Å². The van der Waals surface area contributed by atoms with E-state index < -0.39 is 12.2 Å². The van der Waals surface area contributed by atoms with Crippen LogP contribution in [0.15, 0.2) is 0 Å². The van der Waals surface area contributed by atoms with E-state index in [1.165, 1.54) is 0 Å². The fraction of sp³-hybridized carbons (Fsp3) is 0.800. The van der Waals surface area contributed by atoms with Gasteiger partial charge in [0.15, 0.2) is 0 Å². The Morgan fingerprint density at radius 1 is 1.50 bits per heavy atom. The van der Waals surface area contributed by atoms with Gasteiger partial charge >= 0.3 is 0 Å². The number of hydrogen-bond donors (Lipinski definition) is 3. The summed E-state index contributed by atoms with van der Waals surface area (Å²) in [5.74, 6) is 0. The van der Waals surface area contributed by atoms with Crippen molar-refractivity contribution in [3.63, 3.8) is 0 Å². The Morgan fingerprint density at radius 2 is 2.00 bits per heavy atom. The van der Waals surface area contributed by atoms with Gasteiger partial charge in [0.25, 0.3) is 0 Å². The van der Waals surface area contributed by atoms with Gasteiger partial charge in [0.1, 0.15) is 6.61 Å². The van der Waals surface area contributed by atoms with Gasteiger partial charge in [-0.25, -0.2) is 0 Å². The third-order valence-corrected chi connectivity index (χ3v) is 0.755. The molecule has 0 spiro atoms. The van der Waals surface area contributed by atoms with Crippen molar-refractivity contribution >= 4 is 0 Å². The van der Waals surface area contributed by atoms with Gasteiger partial charge in [-0.05, 0) is 6.92 Å². The van der Waals surface area contributed by atoms with Crippen molar-refractivity contribution in [1.82, 2.24) is 0 Å². The molecule has 0 aliphatic heterocycles. The van der Waals surface area contributed by atoms with Crippen molar-refractivity contribution in [3.05, 3.63) is 6.61 Å². The molecular formula is C5H11O3. The highest BCUT2D eigenvalue weighted by molar-refractivity contribution is 4.65. The van der Waals surface area contributed by atoms with Crippen LogP contribution in [0.4, 0.5) is 0 Å².